The van der Waals surface area contributed by atoms with E-state index in [0.717, 1.165) is 54.2 Å². The number of piperidine rings is 1. The van der Waals surface area contributed by atoms with Crippen LogP contribution in [0.25, 0.3) is 0 Å². The number of aliphatic imine (C=N–C) groups is 1. The number of fused-ring (bicyclic) bond motifs is 1. The zero-order valence-corrected chi connectivity index (χ0v) is 18.4. The van der Waals surface area contributed by atoms with Crippen LogP contribution < -0.4 is 10.1 Å². The maximum atomic E-state index is 12.7. The van der Waals surface area contributed by atoms with E-state index in [9.17, 15) is 9.90 Å². The third-order valence-corrected chi connectivity index (χ3v) is 6.08. The molecule has 33 heavy (non-hydrogen) atoms. The average molecular weight is 443 g/mol. The van der Waals surface area contributed by atoms with Crippen LogP contribution in [0.1, 0.15) is 46.2 Å². The highest BCUT2D eigenvalue weighted by molar-refractivity contribution is 6.22. The van der Waals surface area contributed by atoms with Crippen LogP contribution in [0.4, 0.5) is 5.69 Å². The van der Waals surface area contributed by atoms with E-state index in [0.29, 0.717) is 11.3 Å². The standard InChI is InChI=1S/C26H26N4O3/c1-30-14-11-20(12-15-30)33-19-8-5-17(6-9-19)24-21-16-18(7-10-22(21)28-24)25(31)29-26(32)23-4-2-3-13-27-23/h2-10,13,16,20,26,32H,11-12,14-15H2,1H3,(H,29,31). The van der Waals surface area contributed by atoms with Crippen molar-refractivity contribution in [2.45, 2.75) is 25.2 Å². The van der Waals surface area contributed by atoms with E-state index in [2.05, 4.69) is 27.2 Å². The molecule has 0 aliphatic carbocycles. The van der Waals surface area contributed by atoms with E-state index in [1.54, 1.807) is 36.5 Å². The first kappa shape index (κ1) is 21.3. The highest BCUT2D eigenvalue weighted by atomic mass is 16.5. The number of rotatable bonds is 6. The molecule has 1 aromatic heterocycles. The first-order chi connectivity index (χ1) is 16.1. The SMILES string of the molecule is CN1CCC(Oc2ccc(C3=Nc4ccc(C(=O)NC(O)c5ccccn5)cc43)cc2)CC1. The predicted molar refractivity (Wildman–Crippen MR) is 126 cm³/mol. The lowest BCUT2D eigenvalue weighted by Gasteiger charge is -2.29. The molecular weight excluding hydrogens is 416 g/mol. The second-order valence-electron chi connectivity index (χ2n) is 8.47. The Labute approximate surface area is 192 Å². The molecular formula is C26H26N4O3. The number of pyridine rings is 1. The van der Waals surface area contributed by atoms with Crippen LogP contribution in [-0.4, -0.2) is 52.9 Å². The molecule has 0 saturated carbocycles. The van der Waals surface area contributed by atoms with E-state index in [-0.39, 0.29) is 12.0 Å². The predicted octanol–water partition coefficient (Wildman–Crippen LogP) is 3.46. The molecule has 0 bridgehead atoms. The first-order valence-corrected chi connectivity index (χ1v) is 11.2. The van der Waals surface area contributed by atoms with E-state index < -0.39 is 6.23 Å². The van der Waals surface area contributed by atoms with Crippen molar-refractivity contribution >= 4 is 17.3 Å². The van der Waals surface area contributed by atoms with Crippen molar-refractivity contribution in [3.63, 3.8) is 0 Å². The third kappa shape index (κ3) is 4.65. The Morgan fingerprint density at radius 1 is 1.12 bits per heavy atom. The van der Waals surface area contributed by atoms with Crippen molar-refractivity contribution in [1.82, 2.24) is 15.2 Å². The quantitative estimate of drug-likeness (QED) is 0.447. The van der Waals surface area contributed by atoms with Gasteiger partial charge < -0.3 is 20.1 Å². The number of aromatic nitrogens is 1. The first-order valence-electron chi connectivity index (χ1n) is 11.2. The summed E-state index contributed by atoms with van der Waals surface area (Å²) in [5.41, 5.74) is 4.43. The molecule has 3 aromatic rings. The Morgan fingerprint density at radius 2 is 1.91 bits per heavy atom. The number of nitrogens with zero attached hydrogens (tertiary/aromatic N) is 3. The summed E-state index contributed by atoms with van der Waals surface area (Å²) in [6, 6.07) is 18.5. The van der Waals surface area contributed by atoms with E-state index in [4.69, 9.17) is 4.74 Å². The summed E-state index contributed by atoms with van der Waals surface area (Å²) < 4.78 is 6.14. The van der Waals surface area contributed by atoms with Gasteiger partial charge in [0.2, 0.25) is 0 Å². The maximum Gasteiger partial charge on any atom is 0.253 e. The van der Waals surface area contributed by atoms with Crippen molar-refractivity contribution in [3.8, 4) is 5.75 Å². The summed E-state index contributed by atoms with van der Waals surface area (Å²) in [5.74, 6) is 0.495. The molecule has 7 heteroatoms. The summed E-state index contributed by atoms with van der Waals surface area (Å²) in [5, 5.41) is 12.8. The van der Waals surface area contributed by atoms with Crippen molar-refractivity contribution in [3.05, 3.63) is 89.2 Å². The van der Waals surface area contributed by atoms with Gasteiger partial charge in [0.1, 0.15) is 11.9 Å². The van der Waals surface area contributed by atoms with Crippen LogP contribution in [0.3, 0.4) is 0 Å². The largest absolute Gasteiger partial charge is 0.490 e. The Hall–Kier alpha value is -3.55. The zero-order chi connectivity index (χ0) is 22.8. The molecule has 0 radical (unpaired) electrons. The zero-order valence-electron chi connectivity index (χ0n) is 18.4. The monoisotopic (exact) mass is 442 g/mol. The number of carbonyl (C=O) groups is 1. The van der Waals surface area contributed by atoms with Gasteiger partial charge in [-0.2, -0.15) is 0 Å². The number of ether oxygens (including phenoxy) is 1. The molecule has 1 unspecified atom stereocenters. The van der Waals surface area contributed by atoms with Crippen molar-refractivity contribution in [2.75, 3.05) is 20.1 Å². The normalized spacial score (nSPS) is 16.8. The lowest BCUT2D eigenvalue weighted by molar-refractivity contribution is 0.0774. The Morgan fingerprint density at radius 3 is 2.64 bits per heavy atom. The number of likely N-dealkylation sites (tertiary alicyclic amines) is 1. The lowest BCUT2D eigenvalue weighted by atomic mass is 9.93. The fourth-order valence-corrected chi connectivity index (χ4v) is 4.12. The van der Waals surface area contributed by atoms with Gasteiger partial charge in [0.25, 0.3) is 5.91 Å². The number of aliphatic hydroxyl groups is 1. The van der Waals surface area contributed by atoms with E-state index in [1.807, 2.05) is 30.3 Å². The highest BCUT2D eigenvalue weighted by Crippen LogP contribution is 2.34. The molecule has 2 aromatic carbocycles. The molecule has 3 heterocycles. The molecule has 5 rings (SSSR count). The molecule has 2 aliphatic heterocycles. The van der Waals surface area contributed by atoms with Crippen molar-refractivity contribution in [2.24, 2.45) is 4.99 Å². The summed E-state index contributed by atoms with van der Waals surface area (Å²) in [6.45, 7) is 2.12. The van der Waals surface area contributed by atoms with Gasteiger partial charge >= 0.3 is 0 Å². The smallest absolute Gasteiger partial charge is 0.253 e. The summed E-state index contributed by atoms with van der Waals surface area (Å²) in [7, 11) is 2.14. The van der Waals surface area contributed by atoms with Gasteiger partial charge in [-0.05, 0) is 74.5 Å². The van der Waals surface area contributed by atoms with Gasteiger partial charge in [-0.3, -0.25) is 9.78 Å². The van der Waals surface area contributed by atoms with E-state index in [1.165, 1.54) is 0 Å². The number of carbonyl (C=O) groups excluding carboxylic acids is 1. The second kappa shape index (κ2) is 9.13. The third-order valence-electron chi connectivity index (χ3n) is 6.08. The number of hydrogen-bond acceptors (Lipinski definition) is 6. The fourth-order valence-electron chi connectivity index (χ4n) is 4.12. The van der Waals surface area contributed by atoms with Crippen LogP contribution in [0.5, 0.6) is 5.75 Å². The number of hydrogen-bond donors (Lipinski definition) is 2. The number of aliphatic hydroxyl groups excluding tert-OH is 1. The summed E-state index contributed by atoms with van der Waals surface area (Å²) >= 11 is 0. The van der Waals surface area contributed by atoms with Crippen LogP contribution >= 0.6 is 0 Å². The van der Waals surface area contributed by atoms with Crippen LogP contribution in [0.15, 0.2) is 71.9 Å². The molecule has 1 saturated heterocycles. The topological polar surface area (TPSA) is 87.0 Å². The minimum Gasteiger partial charge on any atom is -0.490 e. The van der Waals surface area contributed by atoms with Gasteiger partial charge in [0, 0.05) is 36.0 Å². The van der Waals surface area contributed by atoms with Crippen LogP contribution in [0, 0.1) is 0 Å². The molecule has 7 nitrogen and oxygen atoms in total. The van der Waals surface area contributed by atoms with Gasteiger partial charge in [-0.15, -0.1) is 0 Å². The fraction of sp³-hybridized carbons (Fsp3) is 0.269. The van der Waals surface area contributed by atoms with Gasteiger partial charge in [0.15, 0.2) is 6.23 Å². The summed E-state index contributed by atoms with van der Waals surface area (Å²) in [4.78, 5) is 23.6. The van der Waals surface area contributed by atoms with E-state index >= 15 is 0 Å². The minimum atomic E-state index is -1.17. The van der Waals surface area contributed by atoms with Gasteiger partial charge in [-0.25, -0.2) is 4.99 Å². The van der Waals surface area contributed by atoms with Crippen molar-refractivity contribution < 1.29 is 14.6 Å². The molecule has 1 atom stereocenters. The second-order valence-corrected chi connectivity index (χ2v) is 8.47. The number of nitrogens with one attached hydrogen (secondary N) is 1. The maximum absolute atomic E-state index is 12.7. The molecule has 0 spiro atoms. The Kier molecular flexibility index (Phi) is 5.90. The van der Waals surface area contributed by atoms with Gasteiger partial charge in [-0.1, -0.05) is 6.07 Å². The Balaban J connectivity index is 1.24. The van der Waals surface area contributed by atoms with Crippen LogP contribution in [-0.2, 0) is 0 Å². The highest BCUT2D eigenvalue weighted by Gasteiger charge is 2.23. The molecule has 1 fully saturated rings. The Bertz CT molecular complexity index is 1170. The van der Waals surface area contributed by atoms with Gasteiger partial charge in [0.05, 0.1) is 17.1 Å². The summed E-state index contributed by atoms with van der Waals surface area (Å²) in [6.07, 6.45) is 2.74. The molecule has 2 aliphatic rings. The average Bonchev–Trinajstić information content (AvgIpc) is 2.83. The molecule has 2 N–H and O–H groups in total. The lowest BCUT2D eigenvalue weighted by Crippen LogP contribution is -2.35. The minimum absolute atomic E-state index is 0.260. The molecule has 1 amide bonds. The van der Waals surface area contributed by atoms with Crippen LogP contribution in [0.2, 0.25) is 0 Å². The van der Waals surface area contributed by atoms with Crippen molar-refractivity contribution in [1.29, 1.82) is 0 Å². The number of amides is 1. The number of benzene rings is 2. The molecule has 168 valence electrons.